The van der Waals surface area contributed by atoms with Gasteiger partial charge in [0, 0.05) is 19.3 Å². The Morgan fingerprint density at radius 3 is 2.53 bits per heavy atom. The van der Waals surface area contributed by atoms with Gasteiger partial charge in [-0.05, 0) is 42.9 Å². The second-order valence-electron chi connectivity index (χ2n) is 4.73. The molecule has 0 unspecified atom stereocenters. The topological polar surface area (TPSA) is 35.2 Å². The largest absolute Gasteiger partial charge is 0.381 e. The van der Waals surface area contributed by atoms with Crippen molar-refractivity contribution in [3.05, 3.63) is 35.4 Å². The number of nitrogens with two attached hydrogens (primary N) is 1. The van der Waals surface area contributed by atoms with E-state index in [-0.39, 0.29) is 5.41 Å². The van der Waals surface area contributed by atoms with Crippen LogP contribution in [-0.4, -0.2) is 19.8 Å². The number of hydrogen-bond donors (Lipinski definition) is 1. The lowest BCUT2D eigenvalue weighted by molar-refractivity contribution is 0.0187. The van der Waals surface area contributed by atoms with Gasteiger partial charge in [-0.15, -0.1) is 0 Å². The Labute approximate surface area is 99.8 Å². The zero-order chi connectivity index (χ0) is 12.3. The lowest BCUT2D eigenvalue weighted by Gasteiger charge is -2.36. The van der Waals surface area contributed by atoms with E-state index < -0.39 is 11.6 Å². The van der Waals surface area contributed by atoms with Crippen molar-refractivity contribution in [1.82, 2.24) is 0 Å². The molecule has 1 heterocycles. The fraction of sp³-hybridized carbons (Fsp3) is 0.538. The summed E-state index contributed by atoms with van der Waals surface area (Å²) in [4.78, 5) is 0. The summed E-state index contributed by atoms with van der Waals surface area (Å²) in [6.45, 7) is 1.84. The van der Waals surface area contributed by atoms with E-state index >= 15 is 0 Å². The molecule has 1 saturated heterocycles. The van der Waals surface area contributed by atoms with Crippen molar-refractivity contribution in [2.75, 3.05) is 19.8 Å². The summed E-state index contributed by atoms with van der Waals surface area (Å²) < 4.78 is 31.7. The second-order valence-corrected chi connectivity index (χ2v) is 4.73. The van der Waals surface area contributed by atoms with E-state index in [0.717, 1.165) is 18.9 Å². The van der Waals surface area contributed by atoms with E-state index in [1.165, 1.54) is 12.1 Å². The van der Waals surface area contributed by atoms with Crippen LogP contribution in [0.25, 0.3) is 0 Å². The highest BCUT2D eigenvalue weighted by Gasteiger charge is 2.32. The van der Waals surface area contributed by atoms with Gasteiger partial charge in [0.2, 0.25) is 0 Å². The molecule has 0 atom stereocenters. The number of halogens is 2. The lowest BCUT2D eigenvalue weighted by Crippen LogP contribution is -2.38. The molecule has 4 heteroatoms. The van der Waals surface area contributed by atoms with Gasteiger partial charge in [0.05, 0.1) is 0 Å². The van der Waals surface area contributed by atoms with E-state index in [1.54, 1.807) is 0 Å². The van der Waals surface area contributed by atoms with Crippen molar-refractivity contribution >= 4 is 0 Å². The number of rotatable bonds is 3. The van der Waals surface area contributed by atoms with Crippen LogP contribution in [0.3, 0.4) is 0 Å². The number of benzene rings is 1. The SMILES string of the molecule is NCC1(Cc2ccc(F)cc2F)CCOCC1. The van der Waals surface area contributed by atoms with Crippen LogP contribution in [0.4, 0.5) is 8.78 Å². The van der Waals surface area contributed by atoms with Crippen LogP contribution in [0.15, 0.2) is 18.2 Å². The Morgan fingerprint density at radius 1 is 1.24 bits per heavy atom. The Kier molecular flexibility index (Phi) is 3.74. The first-order valence-corrected chi connectivity index (χ1v) is 5.87. The third-order valence-corrected chi connectivity index (χ3v) is 3.57. The molecule has 1 aliphatic heterocycles. The maximum Gasteiger partial charge on any atom is 0.129 e. The standard InChI is InChI=1S/C13H17F2NO/c14-11-2-1-10(12(15)7-11)8-13(9-16)3-5-17-6-4-13/h1-2,7H,3-6,8-9,16H2. The molecule has 2 rings (SSSR count). The summed E-state index contributed by atoms with van der Waals surface area (Å²) in [5, 5.41) is 0. The summed E-state index contributed by atoms with van der Waals surface area (Å²) in [6.07, 6.45) is 2.22. The van der Waals surface area contributed by atoms with Gasteiger partial charge >= 0.3 is 0 Å². The maximum atomic E-state index is 13.6. The van der Waals surface area contributed by atoms with Crippen molar-refractivity contribution < 1.29 is 13.5 Å². The first kappa shape index (κ1) is 12.5. The first-order valence-electron chi connectivity index (χ1n) is 5.87. The van der Waals surface area contributed by atoms with E-state index in [2.05, 4.69) is 0 Å². The second kappa shape index (κ2) is 5.10. The van der Waals surface area contributed by atoms with Gasteiger partial charge in [-0.25, -0.2) is 8.78 Å². The fourth-order valence-electron chi connectivity index (χ4n) is 2.33. The third kappa shape index (κ3) is 2.82. The zero-order valence-electron chi connectivity index (χ0n) is 9.72. The molecule has 0 bridgehead atoms. The van der Waals surface area contributed by atoms with Crippen molar-refractivity contribution in [2.24, 2.45) is 11.1 Å². The third-order valence-electron chi connectivity index (χ3n) is 3.57. The zero-order valence-corrected chi connectivity index (χ0v) is 9.72. The van der Waals surface area contributed by atoms with Gasteiger partial charge in [0.25, 0.3) is 0 Å². The van der Waals surface area contributed by atoms with Crippen LogP contribution in [0.1, 0.15) is 18.4 Å². The summed E-state index contributed by atoms with van der Waals surface area (Å²) >= 11 is 0. The predicted octanol–water partition coefficient (Wildman–Crippen LogP) is 2.26. The average molecular weight is 241 g/mol. The minimum absolute atomic E-state index is 0.100. The highest BCUT2D eigenvalue weighted by molar-refractivity contribution is 5.20. The van der Waals surface area contributed by atoms with Gasteiger partial charge in [-0.2, -0.15) is 0 Å². The van der Waals surface area contributed by atoms with Crippen LogP contribution < -0.4 is 5.73 Å². The Morgan fingerprint density at radius 2 is 1.94 bits per heavy atom. The quantitative estimate of drug-likeness (QED) is 0.881. The monoisotopic (exact) mass is 241 g/mol. The minimum atomic E-state index is -0.542. The van der Waals surface area contributed by atoms with E-state index in [1.807, 2.05) is 0 Å². The van der Waals surface area contributed by atoms with Gasteiger partial charge in [-0.1, -0.05) is 6.07 Å². The molecule has 0 aromatic heterocycles. The molecule has 0 radical (unpaired) electrons. The highest BCUT2D eigenvalue weighted by Crippen LogP contribution is 2.33. The minimum Gasteiger partial charge on any atom is -0.381 e. The molecule has 0 aliphatic carbocycles. The van der Waals surface area contributed by atoms with Gasteiger partial charge in [0.15, 0.2) is 0 Å². The van der Waals surface area contributed by atoms with Crippen LogP contribution in [0.2, 0.25) is 0 Å². The summed E-state index contributed by atoms with van der Waals surface area (Å²) in [6, 6.07) is 3.73. The van der Waals surface area contributed by atoms with Gasteiger partial charge in [0.1, 0.15) is 11.6 Å². The predicted molar refractivity (Wildman–Crippen MR) is 61.6 cm³/mol. The summed E-state index contributed by atoms with van der Waals surface area (Å²) in [5.41, 5.74) is 6.25. The normalized spacial score (nSPS) is 19.2. The van der Waals surface area contributed by atoms with E-state index in [9.17, 15) is 8.78 Å². The molecule has 1 fully saturated rings. The molecule has 94 valence electrons. The summed E-state index contributed by atoms with van der Waals surface area (Å²) in [7, 11) is 0. The van der Waals surface area contributed by atoms with Crippen LogP contribution in [0.5, 0.6) is 0 Å². The summed E-state index contributed by atoms with van der Waals surface area (Å²) in [5.74, 6) is -1.02. The molecule has 1 aromatic rings. The average Bonchev–Trinajstić information content (AvgIpc) is 2.34. The smallest absolute Gasteiger partial charge is 0.129 e. The Bertz CT molecular complexity index is 389. The molecule has 0 saturated carbocycles. The Balaban J connectivity index is 2.17. The Hall–Kier alpha value is -1.00. The molecule has 2 nitrogen and oxygen atoms in total. The van der Waals surface area contributed by atoms with Gasteiger partial charge < -0.3 is 10.5 Å². The van der Waals surface area contributed by atoms with Crippen molar-refractivity contribution in [3.63, 3.8) is 0 Å². The molecule has 0 amide bonds. The first-order chi connectivity index (χ1) is 8.15. The van der Waals surface area contributed by atoms with Crippen LogP contribution >= 0.6 is 0 Å². The molecular formula is C13H17F2NO. The molecule has 17 heavy (non-hydrogen) atoms. The van der Waals surface area contributed by atoms with Crippen molar-refractivity contribution in [2.45, 2.75) is 19.3 Å². The lowest BCUT2D eigenvalue weighted by atomic mass is 9.75. The molecular weight excluding hydrogens is 224 g/mol. The highest BCUT2D eigenvalue weighted by atomic mass is 19.1. The van der Waals surface area contributed by atoms with Crippen molar-refractivity contribution in [3.8, 4) is 0 Å². The van der Waals surface area contributed by atoms with Crippen LogP contribution in [0, 0.1) is 17.0 Å². The maximum absolute atomic E-state index is 13.6. The number of hydrogen-bond acceptors (Lipinski definition) is 2. The molecule has 0 spiro atoms. The number of ether oxygens (including phenoxy) is 1. The molecule has 1 aromatic carbocycles. The molecule has 1 aliphatic rings. The fourth-order valence-corrected chi connectivity index (χ4v) is 2.33. The van der Waals surface area contributed by atoms with E-state index in [0.29, 0.717) is 31.7 Å². The van der Waals surface area contributed by atoms with Crippen LogP contribution in [-0.2, 0) is 11.2 Å². The van der Waals surface area contributed by atoms with Crippen molar-refractivity contribution in [1.29, 1.82) is 0 Å². The molecule has 2 N–H and O–H groups in total. The van der Waals surface area contributed by atoms with E-state index in [4.69, 9.17) is 10.5 Å². The van der Waals surface area contributed by atoms with Gasteiger partial charge in [-0.3, -0.25) is 0 Å².